The summed E-state index contributed by atoms with van der Waals surface area (Å²) in [6, 6.07) is 0. The van der Waals surface area contributed by atoms with Crippen molar-refractivity contribution in [3.05, 3.63) is 0 Å². The Morgan fingerprint density at radius 1 is 1.36 bits per heavy atom. The van der Waals surface area contributed by atoms with Gasteiger partial charge in [0.25, 0.3) is 0 Å². The second-order valence-corrected chi connectivity index (χ2v) is 4.32. The third-order valence-corrected chi connectivity index (χ3v) is 3.53. The molecule has 0 spiro atoms. The Balaban J connectivity index is 2.38. The van der Waals surface area contributed by atoms with E-state index in [0.29, 0.717) is 0 Å². The average Bonchev–Trinajstić information content (AvgIpc) is 1.99. The topological polar surface area (TPSA) is 0 Å². The molecule has 1 saturated carbocycles. The van der Waals surface area contributed by atoms with Crippen LogP contribution in [0.1, 0.15) is 46.0 Å². The Hall–Kier alpha value is 0.597. The van der Waals surface area contributed by atoms with Crippen molar-refractivity contribution >= 4 is 17.7 Å². The van der Waals surface area contributed by atoms with Crippen LogP contribution < -0.4 is 0 Å². The first-order valence-corrected chi connectivity index (χ1v) is 5.25. The van der Waals surface area contributed by atoms with Gasteiger partial charge in [-0.2, -0.15) is 0 Å². The zero-order valence-electron chi connectivity index (χ0n) is 8.27. The molecule has 1 heteroatoms. The van der Waals surface area contributed by atoms with Gasteiger partial charge in [-0.1, -0.05) is 0 Å². The van der Waals surface area contributed by atoms with Gasteiger partial charge in [-0.05, 0) is 0 Å². The van der Waals surface area contributed by atoms with Gasteiger partial charge in [0.2, 0.25) is 0 Å². The average molecular weight is 146 g/mol. The molecule has 0 saturated heterocycles. The molecule has 1 aliphatic rings. The maximum atomic E-state index is 2.45. The molecule has 11 heavy (non-hydrogen) atoms. The van der Waals surface area contributed by atoms with E-state index in [1.807, 2.05) is 0 Å². The van der Waals surface area contributed by atoms with Crippen LogP contribution in [0.4, 0.5) is 0 Å². The molecular weight excluding hydrogens is 127 g/mol. The van der Waals surface area contributed by atoms with E-state index in [4.69, 9.17) is 0 Å². The molecule has 0 N–H and O–H groups in total. The van der Waals surface area contributed by atoms with Gasteiger partial charge in [0.05, 0.1) is 0 Å². The molecule has 1 aliphatic carbocycles. The summed E-state index contributed by atoms with van der Waals surface area (Å²) in [7, 11) is 0. The summed E-state index contributed by atoms with van der Waals surface area (Å²) in [6.45, 7) is 4.73. The Bertz CT molecular complexity index is 109. The normalized spacial score (nSPS) is 39.1. The standard InChI is InChI=1S/C10H19.Li/c1-3-5-10-7-4-6-9(2)8-10;/h8-10H,3-7H2,1-2H3;. The van der Waals surface area contributed by atoms with Crippen molar-refractivity contribution in [2.24, 2.45) is 11.8 Å². The van der Waals surface area contributed by atoms with Crippen molar-refractivity contribution < 1.29 is 0 Å². The molecule has 1 rings (SSSR count). The second-order valence-electron chi connectivity index (χ2n) is 4.32. The van der Waals surface area contributed by atoms with Gasteiger partial charge in [0.15, 0.2) is 0 Å². The van der Waals surface area contributed by atoms with Gasteiger partial charge in [0.1, 0.15) is 0 Å². The van der Waals surface area contributed by atoms with Crippen molar-refractivity contribution in [3.8, 4) is 0 Å². The third kappa shape index (κ3) is 2.53. The van der Waals surface area contributed by atoms with Crippen molar-refractivity contribution in [1.29, 1.82) is 0 Å². The van der Waals surface area contributed by atoms with Crippen LogP contribution >= 0.6 is 0 Å². The summed E-state index contributed by atoms with van der Waals surface area (Å²) < 4.78 is 0.990. The van der Waals surface area contributed by atoms with Gasteiger partial charge in [-0.15, -0.1) is 0 Å². The molecule has 0 bridgehead atoms. The van der Waals surface area contributed by atoms with E-state index in [1.165, 1.54) is 32.1 Å². The van der Waals surface area contributed by atoms with Crippen molar-refractivity contribution in [2.75, 3.05) is 0 Å². The molecule has 0 radical (unpaired) electrons. The zero-order valence-corrected chi connectivity index (χ0v) is 8.27. The van der Waals surface area contributed by atoms with Crippen LogP contribution in [0, 0.1) is 11.8 Å². The molecule has 1 fully saturated rings. The van der Waals surface area contributed by atoms with E-state index >= 15 is 0 Å². The van der Waals surface area contributed by atoms with E-state index in [1.54, 1.807) is 0 Å². The summed E-state index contributed by atoms with van der Waals surface area (Å²) in [5, 5.41) is 0. The van der Waals surface area contributed by atoms with Gasteiger partial charge in [-0.3, -0.25) is 0 Å². The minimum absolute atomic E-state index is 0.986. The second kappa shape index (κ2) is 4.58. The summed E-state index contributed by atoms with van der Waals surface area (Å²) in [5.41, 5.74) is 0. The third-order valence-electron chi connectivity index (χ3n) is 3.53. The molecule has 3 atom stereocenters. The van der Waals surface area contributed by atoms with Gasteiger partial charge >= 0.3 is 80.1 Å². The van der Waals surface area contributed by atoms with E-state index in [0.717, 1.165) is 16.4 Å². The first-order chi connectivity index (χ1) is 5.25. The zero-order chi connectivity index (χ0) is 8.27. The van der Waals surface area contributed by atoms with Crippen molar-refractivity contribution in [3.63, 3.8) is 0 Å². The number of rotatable bonds is 2. The summed E-state index contributed by atoms with van der Waals surface area (Å²) in [5.74, 6) is 2.03. The minimum atomic E-state index is 0.986. The Morgan fingerprint density at radius 2 is 2.09 bits per heavy atom. The fraction of sp³-hybridized carbons (Fsp3) is 1.00. The summed E-state index contributed by atoms with van der Waals surface area (Å²) >= 11 is 2.45. The van der Waals surface area contributed by atoms with E-state index in [-0.39, 0.29) is 0 Å². The molecule has 60 valence electrons. The first-order valence-electron chi connectivity index (χ1n) is 5.25. The van der Waals surface area contributed by atoms with E-state index < -0.39 is 0 Å². The Kier molecular flexibility index (Phi) is 4.03. The van der Waals surface area contributed by atoms with Crippen LogP contribution in [0.25, 0.3) is 0 Å². The molecule has 0 amide bonds. The van der Waals surface area contributed by atoms with Crippen LogP contribution in [-0.2, 0) is 0 Å². The fourth-order valence-corrected chi connectivity index (χ4v) is 2.47. The van der Waals surface area contributed by atoms with Crippen LogP contribution in [-0.4, -0.2) is 17.7 Å². The Labute approximate surface area is 80.3 Å². The molecule has 0 aromatic rings. The molecule has 0 nitrogen and oxygen atoms in total. The predicted octanol–water partition coefficient (Wildman–Crippen LogP) is 3.18. The van der Waals surface area contributed by atoms with Crippen LogP contribution in [0.2, 0.25) is 4.59 Å². The number of hydrogen-bond donors (Lipinski definition) is 0. The van der Waals surface area contributed by atoms with Crippen LogP contribution in [0.5, 0.6) is 0 Å². The molecule has 0 aromatic carbocycles. The van der Waals surface area contributed by atoms with Crippen molar-refractivity contribution in [1.82, 2.24) is 0 Å². The molecule has 0 aliphatic heterocycles. The van der Waals surface area contributed by atoms with Gasteiger partial charge < -0.3 is 0 Å². The SMILES string of the molecule is [Li][CH]1C(C)CCCC1CCC. The van der Waals surface area contributed by atoms with E-state index in [9.17, 15) is 0 Å². The van der Waals surface area contributed by atoms with Gasteiger partial charge in [-0.25, -0.2) is 0 Å². The number of hydrogen-bond acceptors (Lipinski definition) is 0. The fourth-order valence-electron chi connectivity index (χ4n) is 2.47. The van der Waals surface area contributed by atoms with Gasteiger partial charge in [0, 0.05) is 0 Å². The quantitative estimate of drug-likeness (QED) is 0.525. The molecule has 3 unspecified atom stereocenters. The van der Waals surface area contributed by atoms with E-state index in [2.05, 4.69) is 31.6 Å². The monoisotopic (exact) mass is 146 g/mol. The van der Waals surface area contributed by atoms with Crippen LogP contribution in [0.15, 0.2) is 0 Å². The first kappa shape index (κ1) is 9.68. The maximum absolute atomic E-state index is 2.45. The van der Waals surface area contributed by atoms with Crippen LogP contribution in [0.3, 0.4) is 0 Å². The Morgan fingerprint density at radius 3 is 2.73 bits per heavy atom. The molecule has 0 heterocycles. The summed E-state index contributed by atoms with van der Waals surface area (Å²) in [6.07, 6.45) is 7.30. The summed E-state index contributed by atoms with van der Waals surface area (Å²) in [4.78, 5) is 0. The molecular formula is C10H19Li. The van der Waals surface area contributed by atoms with Crippen molar-refractivity contribution in [2.45, 2.75) is 50.5 Å². The molecule has 0 aromatic heterocycles. The predicted molar refractivity (Wildman–Crippen MR) is 50.9 cm³/mol.